The normalized spacial score (nSPS) is 13.1. The van der Waals surface area contributed by atoms with Crippen LogP contribution in [-0.4, -0.2) is 77.2 Å². The molecule has 40 heavy (non-hydrogen) atoms. The highest BCUT2D eigenvalue weighted by Crippen LogP contribution is 2.39. The smallest absolute Gasteiger partial charge is 0.339 e. The highest BCUT2D eigenvalue weighted by molar-refractivity contribution is 7.51. The Hall–Kier alpha value is -2.27. The van der Waals surface area contributed by atoms with Gasteiger partial charge in [0.15, 0.2) is 0 Å². The first kappa shape index (κ1) is 33.9. The van der Waals surface area contributed by atoms with Crippen molar-refractivity contribution < 1.29 is 43.7 Å². The first-order chi connectivity index (χ1) is 18.8. The molecule has 1 amide bonds. The molecule has 0 heterocycles. The van der Waals surface area contributed by atoms with E-state index in [4.69, 9.17) is 0 Å². The molecule has 0 bridgehead atoms. The summed E-state index contributed by atoms with van der Waals surface area (Å²) >= 11 is 0. The molecule has 2 aromatic carbocycles. The summed E-state index contributed by atoms with van der Waals surface area (Å²) in [5.74, 6) is -0.145. The van der Waals surface area contributed by atoms with Crippen LogP contribution >= 0.6 is 15.2 Å². The van der Waals surface area contributed by atoms with Crippen LogP contribution in [0.25, 0.3) is 0 Å². The van der Waals surface area contributed by atoms with Crippen LogP contribution < -0.4 is 5.32 Å². The molecule has 0 saturated heterocycles. The summed E-state index contributed by atoms with van der Waals surface area (Å²) in [5.41, 5.74) is 0.880. The number of carbonyl (C=O) groups is 1. The molecule has 2 rings (SSSR count). The van der Waals surface area contributed by atoms with E-state index in [0.717, 1.165) is 6.42 Å². The number of nitrogens with zero attached hydrogens (tertiary/aromatic N) is 2. The van der Waals surface area contributed by atoms with Gasteiger partial charge in [0.2, 0.25) is 5.91 Å². The average Bonchev–Trinajstić information content (AvgIpc) is 2.84. The van der Waals surface area contributed by atoms with Crippen molar-refractivity contribution >= 4 is 21.1 Å². The number of aromatic hydroxyl groups is 2. The Labute approximate surface area is 235 Å². The second kappa shape index (κ2) is 16.2. The molecular weight excluding hydrogens is 560 g/mol. The van der Waals surface area contributed by atoms with Crippen molar-refractivity contribution in [3.8, 4) is 11.5 Å². The van der Waals surface area contributed by atoms with Crippen molar-refractivity contribution in [2.75, 3.05) is 25.7 Å². The van der Waals surface area contributed by atoms with Gasteiger partial charge in [-0.3, -0.25) is 23.7 Å². The molecule has 12 nitrogen and oxygen atoms in total. The van der Waals surface area contributed by atoms with Gasteiger partial charge in [-0.05, 0) is 31.4 Å². The van der Waals surface area contributed by atoms with Gasteiger partial charge in [0.25, 0.3) is 0 Å². The fourth-order valence-corrected chi connectivity index (χ4v) is 5.99. The lowest BCUT2D eigenvalue weighted by molar-refractivity contribution is -0.121. The van der Waals surface area contributed by atoms with Gasteiger partial charge in [0, 0.05) is 49.8 Å². The molecular formula is C26H41N3O9P2. The van der Waals surface area contributed by atoms with E-state index in [2.05, 4.69) is 5.32 Å². The number of nitrogens with one attached hydrogen (secondary N) is 1. The van der Waals surface area contributed by atoms with Crippen LogP contribution in [-0.2, 0) is 27.0 Å². The number of hydrogen-bond donors (Lipinski definition) is 7. The number of unbranched alkanes of at least 4 members (excludes halogenated alkanes) is 1. The van der Waals surface area contributed by atoms with Crippen molar-refractivity contribution in [3.63, 3.8) is 0 Å². The van der Waals surface area contributed by atoms with Crippen LogP contribution in [0.1, 0.15) is 50.2 Å². The van der Waals surface area contributed by atoms with E-state index in [1.54, 1.807) is 36.4 Å². The second-order valence-corrected chi connectivity index (χ2v) is 13.1. The summed E-state index contributed by atoms with van der Waals surface area (Å²) in [7, 11) is -9.12. The maximum atomic E-state index is 12.2. The molecule has 0 aliphatic carbocycles. The fourth-order valence-electron chi connectivity index (χ4n) is 4.45. The Kier molecular flexibility index (Phi) is 13.8. The molecule has 14 heteroatoms. The third-order valence-electron chi connectivity index (χ3n) is 6.25. The molecule has 0 spiro atoms. The fraction of sp³-hybridized carbons (Fsp3) is 0.500. The van der Waals surface area contributed by atoms with Gasteiger partial charge in [0.1, 0.15) is 24.1 Å². The quantitative estimate of drug-likeness (QED) is 0.0981. The Morgan fingerprint density at radius 2 is 1.40 bits per heavy atom. The molecule has 1 atom stereocenters. The van der Waals surface area contributed by atoms with Gasteiger partial charge < -0.3 is 35.1 Å². The summed E-state index contributed by atoms with van der Waals surface area (Å²) in [6.45, 7) is 2.31. The number of phenols is 2. The first-order valence-corrected chi connectivity index (χ1v) is 16.7. The van der Waals surface area contributed by atoms with Gasteiger partial charge in [-0.25, -0.2) is 0 Å². The summed E-state index contributed by atoms with van der Waals surface area (Å²) < 4.78 is 24.2. The van der Waals surface area contributed by atoms with Crippen LogP contribution in [0, 0.1) is 0 Å². The lowest BCUT2D eigenvalue weighted by atomic mass is 10.1. The molecule has 0 aliphatic heterocycles. The van der Waals surface area contributed by atoms with E-state index in [1.807, 2.05) is 6.92 Å². The van der Waals surface area contributed by atoms with E-state index in [-0.39, 0.29) is 37.0 Å². The molecule has 0 radical (unpaired) electrons. The van der Waals surface area contributed by atoms with Crippen LogP contribution in [0.5, 0.6) is 11.5 Å². The summed E-state index contributed by atoms with van der Waals surface area (Å²) in [6, 6.07) is 12.2. The molecule has 0 aromatic heterocycles. The Bertz CT molecular complexity index is 1170. The molecule has 0 fully saturated rings. The highest BCUT2D eigenvalue weighted by Gasteiger charge is 2.30. The standard InChI is InChI=1S/C26H41N3O9P2/c1-2-9-26(32)27-15-8-7-12-23(29(20-40(36,37)38)17-22-11-4-6-14-25(22)31)18-28(19-39(33,34)35)16-21-10-3-5-13-24(21)30/h3-6,10-11,13-14,23,30-31H,2,7-9,12,15-20H2,1H3,(H,27,32)(H2,33,34,35)(H2,36,37,38). The van der Waals surface area contributed by atoms with Crippen molar-refractivity contribution in [1.82, 2.24) is 15.1 Å². The zero-order valence-electron chi connectivity index (χ0n) is 22.7. The van der Waals surface area contributed by atoms with Gasteiger partial charge in [0.05, 0.1) is 0 Å². The minimum atomic E-state index is -4.58. The van der Waals surface area contributed by atoms with Crippen molar-refractivity contribution in [3.05, 3.63) is 59.7 Å². The summed E-state index contributed by atoms with van der Waals surface area (Å²) in [6.07, 6.45) is 1.40. The number of amides is 1. The van der Waals surface area contributed by atoms with Crippen LogP contribution in [0.15, 0.2) is 48.5 Å². The van der Waals surface area contributed by atoms with Crippen molar-refractivity contribution in [2.24, 2.45) is 0 Å². The maximum Gasteiger partial charge on any atom is 0.339 e. The predicted molar refractivity (Wildman–Crippen MR) is 152 cm³/mol. The molecule has 0 aliphatic rings. The number of carbonyl (C=O) groups excluding carboxylic acids is 1. The Balaban J connectivity index is 2.34. The highest BCUT2D eigenvalue weighted by atomic mass is 31.2. The first-order valence-electron chi connectivity index (χ1n) is 13.1. The van der Waals surface area contributed by atoms with Crippen molar-refractivity contribution in [2.45, 2.75) is 58.2 Å². The minimum absolute atomic E-state index is 0.00916. The molecule has 2 aromatic rings. The number of benzene rings is 2. The van der Waals surface area contributed by atoms with Crippen LogP contribution in [0.4, 0.5) is 0 Å². The zero-order valence-corrected chi connectivity index (χ0v) is 24.5. The molecule has 224 valence electrons. The van der Waals surface area contributed by atoms with Crippen molar-refractivity contribution in [1.29, 1.82) is 0 Å². The third kappa shape index (κ3) is 13.4. The van der Waals surface area contributed by atoms with Gasteiger partial charge in [-0.1, -0.05) is 49.7 Å². The molecule has 1 unspecified atom stereocenters. The number of hydrogen-bond acceptors (Lipinski definition) is 7. The largest absolute Gasteiger partial charge is 0.508 e. The van der Waals surface area contributed by atoms with E-state index in [1.165, 1.54) is 21.9 Å². The molecule has 0 saturated carbocycles. The topological polar surface area (TPSA) is 191 Å². The summed E-state index contributed by atoms with van der Waals surface area (Å²) in [4.78, 5) is 54.1. The lowest BCUT2D eigenvalue weighted by Gasteiger charge is -2.36. The van der Waals surface area contributed by atoms with Crippen LogP contribution in [0.2, 0.25) is 0 Å². The number of phenolic OH excluding ortho intramolecular Hbond substituents is 2. The summed E-state index contributed by atoms with van der Waals surface area (Å²) in [5, 5.41) is 23.4. The van der Waals surface area contributed by atoms with E-state index in [0.29, 0.717) is 43.4 Å². The monoisotopic (exact) mass is 601 g/mol. The number of rotatable bonds is 18. The maximum absolute atomic E-state index is 12.2. The third-order valence-corrected chi connectivity index (χ3v) is 7.75. The lowest BCUT2D eigenvalue weighted by Crippen LogP contribution is -2.44. The van der Waals surface area contributed by atoms with E-state index >= 15 is 0 Å². The Morgan fingerprint density at radius 1 is 0.850 bits per heavy atom. The van der Waals surface area contributed by atoms with E-state index < -0.39 is 33.8 Å². The minimum Gasteiger partial charge on any atom is -0.508 e. The van der Waals surface area contributed by atoms with E-state index in [9.17, 15) is 43.7 Å². The SMILES string of the molecule is CCCC(=O)NCCCCC(CN(Cc1ccccc1O)CP(=O)(O)O)N(Cc1ccccc1O)CP(=O)(O)O. The molecule has 7 N–H and O–H groups in total. The van der Waals surface area contributed by atoms with Crippen LogP contribution in [0.3, 0.4) is 0 Å². The second-order valence-electron chi connectivity index (χ2n) is 9.88. The average molecular weight is 602 g/mol. The predicted octanol–water partition coefficient (Wildman–Crippen LogP) is 3.13. The van der Waals surface area contributed by atoms with Gasteiger partial charge in [-0.15, -0.1) is 0 Å². The zero-order chi connectivity index (χ0) is 29.8. The Morgan fingerprint density at radius 3 is 1.93 bits per heavy atom. The van der Waals surface area contributed by atoms with Gasteiger partial charge >= 0.3 is 15.2 Å². The number of para-hydroxylation sites is 2. The van der Waals surface area contributed by atoms with Gasteiger partial charge in [-0.2, -0.15) is 0 Å².